The van der Waals surface area contributed by atoms with Gasteiger partial charge in [0, 0.05) is 22.9 Å². The first kappa shape index (κ1) is 15.3. The van der Waals surface area contributed by atoms with Crippen LogP contribution in [0.15, 0.2) is 33.3 Å². The SMILES string of the molecule is CCCNc1ncc(Br)c(Nc2ccc(Br)c(C)c2)n1. The molecule has 0 saturated carbocycles. The van der Waals surface area contributed by atoms with E-state index in [-0.39, 0.29) is 0 Å². The number of nitrogens with zero attached hydrogens (tertiary/aromatic N) is 2. The third-order valence-electron chi connectivity index (χ3n) is 2.70. The van der Waals surface area contributed by atoms with E-state index in [1.165, 1.54) is 5.56 Å². The third-order valence-corrected chi connectivity index (χ3v) is 4.17. The molecule has 0 aliphatic carbocycles. The van der Waals surface area contributed by atoms with E-state index in [4.69, 9.17) is 0 Å². The number of anilines is 3. The van der Waals surface area contributed by atoms with E-state index >= 15 is 0 Å². The van der Waals surface area contributed by atoms with Crippen molar-refractivity contribution in [3.05, 3.63) is 38.9 Å². The quantitative estimate of drug-likeness (QED) is 0.752. The summed E-state index contributed by atoms with van der Waals surface area (Å²) in [6.45, 7) is 5.02. The predicted octanol–water partition coefficient (Wildman–Crippen LogP) is 4.88. The Kier molecular flexibility index (Phi) is 5.37. The van der Waals surface area contributed by atoms with Crippen molar-refractivity contribution in [3.8, 4) is 0 Å². The normalized spacial score (nSPS) is 10.4. The van der Waals surface area contributed by atoms with Crippen LogP contribution in [-0.2, 0) is 0 Å². The van der Waals surface area contributed by atoms with Gasteiger partial charge >= 0.3 is 0 Å². The zero-order valence-corrected chi connectivity index (χ0v) is 14.5. The molecule has 1 heterocycles. The lowest BCUT2D eigenvalue weighted by Gasteiger charge is -2.11. The van der Waals surface area contributed by atoms with Crippen molar-refractivity contribution >= 4 is 49.3 Å². The molecule has 2 aromatic rings. The zero-order valence-electron chi connectivity index (χ0n) is 11.4. The van der Waals surface area contributed by atoms with Crippen molar-refractivity contribution in [2.24, 2.45) is 0 Å². The fraction of sp³-hybridized carbons (Fsp3) is 0.286. The summed E-state index contributed by atoms with van der Waals surface area (Å²) in [5, 5.41) is 6.48. The monoisotopic (exact) mass is 398 g/mol. The third kappa shape index (κ3) is 3.93. The van der Waals surface area contributed by atoms with E-state index < -0.39 is 0 Å². The highest BCUT2D eigenvalue weighted by molar-refractivity contribution is 9.10. The molecule has 6 heteroatoms. The summed E-state index contributed by atoms with van der Waals surface area (Å²) in [6, 6.07) is 6.09. The van der Waals surface area contributed by atoms with E-state index in [2.05, 4.69) is 72.4 Å². The van der Waals surface area contributed by atoms with Crippen LogP contribution in [0.1, 0.15) is 18.9 Å². The Bertz CT molecular complexity index is 602. The van der Waals surface area contributed by atoms with Gasteiger partial charge in [-0.2, -0.15) is 4.98 Å². The summed E-state index contributed by atoms with van der Waals surface area (Å²) in [5.74, 6) is 1.38. The molecule has 20 heavy (non-hydrogen) atoms. The average Bonchev–Trinajstić information content (AvgIpc) is 2.44. The van der Waals surface area contributed by atoms with Gasteiger partial charge in [-0.1, -0.05) is 22.9 Å². The molecule has 0 fully saturated rings. The Morgan fingerprint density at radius 3 is 2.70 bits per heavy atom. The number of rotatable bonds is 5. The van der Waals surface area contributed by atoms with Crippen molar-refractivity contribution in [1.82, 2.24) is 9.97 Å². The van der Waals surface area contributed by atoms with Crippen molar-refractivity contribution in [2.45, 2.75) is 20.3 Å². The van der Waals surface area contributed by atoms with E-state index in [1.807, 2.05) is 12.1 Å². The first-order valence-corrected chi connectivity index (χ1v) is 7.98. The van der Waals surface area contributed by atoms with Crippen LogP contribution >= 0.6 is 31.9 Å². The van der Waals surface area contributed by atoms with Gasteiger partial charge in [0.1, 0.15) is 5.82 Å². The lowest BCUT2D eigenvalue weighted by atomic mass is 10.2. The standard InChI is InChI=1S/C14H16Br2N4/c1-3-6-17-14-18-8-12(16)13(20-14)19-10-4-5-11(15)9(2)7-10/h4-5,7-8H,3,6H2,1-2H3,(H2,17,18,19,20). The van der Waals surface area contributed by atoms with Crippen LogP contribution < -0.4 is 10.6 Å². The first-order chi connectivity index (χ1) is 9.60. The molecule has 1 aromatic carbocycles. The highest BCUT2D eigenvalue weighted by atomic mass is 79.9. The fourth-order valence-electron chi connectivity index (χ4n) is 1.64. The highest BCUT2D eigenvalue weighted by Crippen LogP contribution is 2.26. The number of aryl methyl sites for hydroxylation is 1. The molecule has 0 unspecified atom stereocenters. The number of halogens is 2. The molecule has 0 aliphatic rings. The van der Waals surface area contributed by atoms with Crippen molar-refractivity contribution in [1.29, 1.82) is 0 Å². The summed E-state index contributed by atoms with van der Waals surface area (Å²) >= 11 is 6.96. The van der Waals surface area contributed by atoms with Crippen LogP contribution in [0.25, 0.3) is 0 Å². The van der Waals surface area contributed by atoms with Gasteiger partial charge in [-0.25, -0.2) is 4.98 Å². The Balaban J connectivity index is 2.20. The van der Waals surface area contributed by atoms with Crippen molar-refractivity contribution in [2.75, 3.05) is 17.2 Å². The second-order valence-corrected chi connectivity index (χ2v) is 6.11. The molecule has 0 saturated heterocycles. The maximum absolute atomic E-state index is 4.47. The van der Waals surface area contributed by atoms with Gasteiger partial charge in [0.25, 0.3) is 0 Å². The molecule has 0 spiro atoms. The Hall–Kier alpha value is -1.14. The van der Waals surface area contributed by atoms with E-state index in [0.29, 0.717) is 5.95 Å². The molecule has 0 atom stereocenters. The first-order valence-electron chi connectivity index (χ1n) is 6.39. The molecule has 4 nitrogen and oxygen atoms in total. The topological polar surface area (TPSA) is 49.8 Å². The van der Waals surface area contributed by atoms with Crippen LogP contribution in [-0.4, -0.2) is 16.5 Å². The minimum absolute atomic E-state index is 0.631. The van der Waals surface area contributed by atoms with Gasteiger partial charge in [-0.15, -0.1) is 0 Å². The Morgan fingerprint density at radius 2 is 2.00 bits per heavy atom. The van der Waals surface area contributed by atoms with Gasteiger partial charge in [0.05, 0.1) is 4.47 Å². The maximum Gasteiger partial charge on any atom is 0.224 e. The highest BCUT2D eigenvalue weighted by Gasteiger charge is 2.06. The number of aromatic nitrogens is 2. The molecule has 0 bridgehead atoms. The number of hydrogen-bond donors (Lipinski definition) is 2. The Morgan fingerprint density at radius 1 is 1.20 bits per heavy atom. The number of nitrogens with one attached hydrogen (secondary N) is 2. The summed E-state index contributed by atoms with van der Waals surface area (Å²) in [6.07, 6.45) is 2.78. The van der Waals surface area contributed by atoms with Gasteiger partial charge in [0.15, 0.2) is 0 Å². The second-order valence-electron chi connectivity index (χ2n) is 4.41. The van der Waals surface area contributed by atoms with E-state index in [9.17, 15) is 0 Å². The number of benzene rings is 1. The lowest BCUT2D eigenvalue weighted by Crippen LogP contribution is -2.06. The summed E-state index contributed by atoms with van der Waals surface area (Å²) in [7, 11) is 0. The van der Waals surface area contributed by atoms with E-state index in [0.717, 1.165) is 33.4 Å². The van der Waals surface area contributed by atoms with Crippen LogP contribution in [0.4, 0.5) is 17.5 Å². The zero-order chi connectivity index (χ0) is 14.5. The maximum atomic E-state index is 4.47. The molecule has 2 N–H and O–H groups in total. The lowest BCUT2D eigenvalue weighted by molar-refractivity contribution is 0.952. The average molecular weight is 400 g/mol. The molecule has 1 aromatic heterocycles. The molecule has 2 rings (SSSR count). The number of hydrogen-bond acceptors (Lipinski definition) is 4. The van der Waals surface area contributed by atoms with Crippen LogP contribution in [0, 0.1) is 6.92 Å². The predicted molar refractivity (Wildman–Crippen MR) is 90.7 cm³/mol. The van der Waals surface area contributed by atoms with Gasteiger partial charge in [0.2, 0.25) is 5.95 Å². The summed E-state index contributed by atoms with van der Waals surface area (Å²) in [5.41, 5.74) is 2.16. The van der Waals surface area contributed by atoms with Crippen LogP contribution in [0.3, 0.4) is 0 Å². The summed E-state index contributed by atoms with van der Waals surface area (Å²) in [4.78, 5) is 8.70. The van der Waals surface area contributed by atoms with E-state index in [1.54, 1.807) is 6.20 Å². The molecule has 0 amide bonds. The van der Waals surface area contributed by atoms with Gasteiger partial charge < -0.3 is 10.6 Å². The second kappa shape index (κ2) is 7.04. The Labute approximate surface area is 135 Å². The van der Waals surface area contributed by atoms with Crippen LogP contribution in [0.5, 0.6) is 0 Å². The molecule has 0 radical (unpaired) electrons. The van der Waals surface area contributed by atoms with Crippen molar-refractivity contribution < 1.29 is 0 Å². The van der Waals surface area contributed by atoms with Gasteiger partial charge in [-0.05, 0) is 53.0 Å². The smallest absolute Gasteiger partial charge is 0.224 e. The molecule has 0 aliphatic heterocycles. The van der Waals surface area contributed by atoms with Crippen LogP contribution in [0.2, 0.25) is 0 Å². The fourth-order valence-corrected chi connectivity index (χ4v) is 2.17. The molecular weight excluding hydrogens is 384 g/mol. The molecule has 106 valence electrons. The largest absolute Gasteiger partial charge is 0.354 e. The summed E-state index contributed by atoms with van der Waals surface area (Å²) < 4.78 is 1.93. The minimum atomic E-state index is 0.631. The van der Waals surface area contributed by atoms with Crippen molar-refractivity contribution in [3.63, 3.8) is 0 Å². The van der Waals surface area contributed by atoms with Gasteiger partial charge in [-0.3, -0.25) is 0 Å². The molecular formula is C14H16Br2N4. The minimum Gasteiger partial charge on any atom is -0.354 e.